The van der Waals surface area contributed by atoms with E-state index < -0.39 is 29.2 Å². The van der Waals surface area contributed by atoms with Crippen molar-refractivity contribution in [2.75, 3.05) is 11.9 Å². The third-order valence-corrected chi connectivity index (χ3v) is 6.83. The highest BCUT2D eigenvalue weighted by Gasteiger charge is 2.67. The Kier molecular flexibility index (Phi) is 8.15. The van der Waals surface area contributed by atoms with Crippen molar-refractivity contribution in [2.24, 2.45) is 10.8 Å². The molecule has 1 saturated heterocycles. The summed E-state index contributed by atoms with van der Waals surface area (Å²) < 4.78 is 16.4. The van der Waals surface area contributed by atoms with Crippen molar-refractivity contribution in [3.8, 4) is 0 Å². The molecular weight excluding hydrogens is 478 g/mol. The van der Waals surface area contributed by atoms with Gasteiger partial charge in [0.1, 0.15) is 5.60 Å². The molecule has 1 aliphatic carbocycles. The Labute approximate surface area is 199 Å². The smallest absolute Gasteiger partial charge is 0.331 e. The fraction of sp³-hybridized carbons (Fsp3) is 0.625. The van der Waals surface area contributed by atoms with Crippen molar-refractivity contribution in [3.63, 3.8) is 0 Å². The first-order chi connectivity index (χ1) is 14.7. The van der Waals surface area contributed by atoms with E-state index in [1.807, 2.05) is 20.8 Å². The van der Waals surface area contributed by atoms with Crippen LogP contribution in [0.25, 0.3) is 0 Å². The molecule has 0 aromatic carbocycles. The molecule has 1 heterocycles. The zero-order valence-electron chi connectivity index (χ0n) is 19.8. The van der Waals surface area contributed by atoms with Crippen LogP contribution in [0.2, 0.25) is 0 Å². The van der Waals surface area contributed by atoms with E-state index in [-0.39, 0.29) is 29.7 Å². The zero-order valence-corrected chi connectivity index (χ0v) is 21.4. The number of esters is 1. The van der Waals surface area contributed by atoms with Gasteiger partial charge in [-0.3, -0.25) is 14.5 Å². The zero-order chi connectivity index (χ0) is 24.3. The maximum Gasteiger partial charge on any atom is 0.331 e. The van der Waals surface area contributed by atoms with Crippen LogP contribution in [-0.2, 0) is 28.6 Å². The number of halogens is 1. The van der Waals surface area contributed by atoms with E-state index >= 15 is 0 Å². The number of alkyl halides is 1. The molecule has 2 bridgehead atoms. The molecule has 32 heavy (non-hydrogen) atoms. The van der Waals surface area contributed by atoms with Crippen LogP contribution in [0.3, 0.4) is 0 Å². The van der Waals surface area contributed by atoms with Crippen LogP contribution < -0.4 is 0 Å². The lowest BCUT2D eigenvalue weighted by molar-refractivity contribution is -0.154. The highest BCUT2D eigenvalue weighted by atomic mass is 79.9. The SMILES string of the molecule is C=C(O[C@H](CBr)OC/C=C/C=C/C(=O)OC(C)(C)C)C(=O)N1C(=O)[C@]2(C)CC[C@H]1C2(C)C. The van der Waals surface area contributed by atoms with E-state index in [1.165, 1.54) is 11.0 Å². The average molecular weight is 512 g/mol. The number of nitrogens with zero attached hydrogens (tertiary/aromatic N) is 1. The van der Waals surface area contributed by atoms with Crippen molar-refractivity contribution >= 4 is 33.7 Å². The Balaban J connectivity index is 1.85. The van der Waals surface area contributed by atoms with E-state index in [0.29, 0.717) is 5.33 Å². The van der Waals surface area contributed by atoms with Crippen molar-refractivity contribution in [1.29, 1.82) is 0 Å². The first-order valence-electron chi connectivity index (χ1n) is 10.7. The summed E-state index contributed by atoms with van der Waals surface area (Å²) in [7, 11) is 0. The minimum Gasteiger partial charge on any atom is -0.459 e. The molecule has 0 spiro atoms. The summed E-state index contributed by atoms with van der Waals surface area (Å²) in [6, 6.07) is -0.157. The number of carbonyl (C=O) groups is 3. The maximum absolute atomic E-state index is 12.9. The lowest BCUT2D eigenvalue weighted by atomic mass is 9.70. The van der Waals surface area contributed by atoms with E-state index in [2.05, 4.69) is 22.5 Å². The summed E-state index contributed by atoms with van der Waals surface area (Å²) in [5, 5.41) is 0.307. The number of rotatable bonds is 9. The lowest BCUT2D eigenvalue weighted by Gasteiger charge is -2.29. The van der Waals surface area contributed by atoms with Gasteiger partial charge in [-0.05, 0) is 39.0 Å². The van der Waals surface area contributed by atoms with Crippen LogP contribution in [-0.4, -0.2) is 52.6 Å². The fourth-order valence-corrected chi connectivity index (χ4v) is 4.49. The Morgan fingerprint density at radius 1 is 1.28 bits per heavy atom. The van der Waals surface area contributed by atoms with Crippen molar-refractivity contribution in [1.82, 2.24) is 4.90 Å². The quantitative estimate of drug-likeness (QED) is 0.115. The second kappa shape index (κ2) is 9.91. The second-order valence-electron chi connectivity index (χ2n) is 9.87. The van der Waals surface area contributed by atoms with Gasteiger partial charge in [-0.2, -0.15) is 0 Å². The van der Waals surface area contributed by atoms with E-state index in [9.17, 15) is 14.4 Å². The molecule has 0 aromatic heterocycles. The average Bonchev–Trinajstić information content (AvgIpc) is 2.99. The molecule has 8 heteroatoms. The number of amides is 2. The minimum atomic E-state index is -0.760. The Morgan fingerprint density at radius 2 is 1.94 bits per heavy atom. The summed E-state index contributed by atoms with van der Waals surface area (Å²) >= 11 is 3.30. The number of ether oxygens (including phenoxy) is 3. The summed E-state index contributed by atoms with van der Waals surface area (Å²) in [6.07, 6.45) is 7.03. The molecule has 7 nitrogen and oxygen atoms in total. The maximum atomic E-state index is 12.9. The molecule has 2 aliphatic rings. The van der Waals surface area contributed by atoms with E-state index in [0.717, 1.165) is 12.8 Å². The normalized spacial score (nSPS) is 25.5. The molecule has 3 atom stereocenters. The van der Waals surface area contributed by atoms with Crippen LogP contribution in [0.15, 0.2) is 36.6 Å². The molecule has 2 amide bonds. The molecule has 2 fully saturated rings. The molecule has 2 rings (SSSR count). The van der Waals surface area contributed by atoms with Gasteiger partial charge in [-0.25, -0.2) is 4.79 Å². The van der Waals surface area contributed by atoms with Gasteiger partial charge in [0.05, 0.1) is 17.4 Å². The largest absolute Gasteiger partial charge is 0.459 e. The predicted molar refractivity (Wildman–Crippen MR) is 125 cm³/mol. The van der Waals surface area contributed by atoms with Crippen LogP contribution in [0.4, 0.5) is 0 Å². The number of fused-ring (bicyclic) bond motifs is 2. The Morgan fingerprint density at radius 3 is 2.47 bits per heavy atom. The van der Waals surface area contributed by atoms with Gasteiger partial charge in [0.2, 0.25) is 12.2 Å². The summed E-state index contributed by atoms with van der Waals surface area (Å²) in [6.45, 7) is 15.3. The van der Waals surface area contributed by atoms with Crippen LogP contribution in [0.1, 0.15) is 54.4 Å². The molecule has 0 aromatic rings. The second-order valence-corrected chi connectivity index (χ2v) is 10.5. The highest BCUT2D eigenvalue weighted by molar-refractivity contribution is 9.09. The molecule has 0 radical (unpaired) electrons. The molecule has 178 valence electrons. The van der Waals surface area contributed by atoms with Gasteiger partial charge in [0.15, 0.2) is 5.76 Å². The first-order valence-corrected chi connectivity index (χ1v) is 11.8. The number of hydrogen-bond acceptors (Lipinski definition) is 6. The number of piperidine rings is 1. The fourth-order valence-electron chi connectivity index (χ4n) is 4.17. The predicted octanol–water partition coefficient (Wildman–Crippen LogP) is 4.27. The standard InChI is InChI=1S/C24H34BrNO6/c1-16(20(28)26-17-12-13-24(7,21(26)29)23(17,5)6)31-19(15-25)30-14-10-8-9-11-18(27)32-22(2,3)4/h8-11,17,19H,1,12-15H2,2-7H3/b10-8+,11-9+/t17-,19+,24-/m0/s1. The van der Waals surface area contributed by atoms with Gasteiger partial charge >= 0.3 is 5.97 Å². The van der Waals surface area contributed by atoms with E-state index in [4.69, 9.17) is 14.2 Å². The third-order valence-electron chi connectivity index (χ3n) is 6.30. The Hall–Kier alpha value is -1.93. The highest BCUT2D eigenvalue weighted by Crippen LogP contribution is 2.60. The molecule has 1 saturated carbocycles. The van der Waals surface area contributed by atoms with Crippen molar-refractivity contribution < 1.29 is 28.6 Å². The molecular formula is C24H34BrNO6. The Bertz CT molecular complexity index is 825. The van der Waals surface area contributed by atoms with Gasteiger partial charge in [-0.15, -0.1) is 0 Å². The van der Waals surface area contributed by atoms with Crippen molar-refractivity contribution in [3.05, 3.63) is 36.6 Å². The van der Waals surface area contributed by atoms with Crippen molar-refractivity contribution in [2.45, 2.75) is 72.3 Å². The van der Waals surface area contributed by atoms with Crippen LogP contribution in [0.5, 0.6) is 0 Å². The molecule has 0 N–H and O–H groups in total. The number of carbonyl (C=O) groups excluding carboxylic acids is 3. The van der Waals surface area contributed by atoms with Crippen LogP contribution >= 0.6 is 15.9 Å². The summed E-state index contributed by atoms with van der Waals surface area (Å²) in [4.78, 5) is 38.8. The monoisotopic (exact) mass is 511 g/mol. The number of allylic oxidation sites excluding steroid dienone is 2. The number of hydrogen-bond donors (Lipinski definition) is 0. The van der Waals surface area contributed by atoms with E-state index in [1.54, 1.807) is 39.0 Å². The number of imide groups is 1. The topological polar surface area (TPSA) is 82.1 Å². The van der Waals surface area contributed by atoms with Gasteiger partial charge in [0.25, 0.3) is 5.91 Å². The van der Waals surface area contributed by atoms with Crippen LogP contribution in [0, 0.1) is 10.8 Å². The third kappa shape index (κ3) is 5.52. The molecule has 0 unspecified atom stereocenters. The van der Waals surface area contributed by atoms with Gasteiger partial charge in [-0.1, -0.05) is 61.5 Å². The summed E-state index contributed by atoms with van der Waals surface area (Å²) in [5.74, 6) is -1.23. The number of likely N-dealkylation sites (tertiary alicyclic amines) is 1. The summed E-state index contributed by atoms with van der Waals surface area (Å²) in [5.41, 5.74) is -1.37. The molecule has 1 aliphatic heterocycles. The minimum absolute atomic E-state index is 0.122. The van der Waals surface area contributed by atoms with Gasteiger partial charge < -0.3 is 14.2 Å². The first kappa shape index (κ1) is 26.3. The van der Waals surface area contributed by atoms with Gasteiger partial charge in [0, 0.05) is 12.1 Å². The lowest BCUT2D eigenvalue weighted by Crippen LogP contribution is -2.45.